The van der Waals surface area contributed by atoms with E-state index in [1.54, 1.807) is 18.2 Å². The van der Waals surface area contributed by atoms with Crippen molar-refractivity contribution in [1.82, 2.24) is 9.62 Å². The van der Waals surface area contributed by atoms with Gasteiger partial charge < -0.3 is 10.1 Å². The lowest BCUT2D eigenvalue weighted by molar-refractivity contribution is -0.126. The molecule has 3 rings (SSSR count). The third kappa shape index (κ3) is 6.61. The molecule has 0 spiro atoms. The molecule has 6 nitrogen and oxygen atoms in total. The van der Waals surface area contributed by atoms with Gasteiger partial charge in [0.25, 0.3) is 0 Å². The van der Waals surface area contributed by atoms with Crippen molar-refractivity contribution >= 4 is 39.1 Å². The standard InChI is InChI=1S/C23H28Cl2N2O4S/c1-16-5-7-20(12-17(16)2)31-11-9-26-23(28)19-4-3-10-27(14-19)32(29,30)15-18-6-8-21(24)22(25)13-18/h5-8,12-13,19H,3-4,9-11,14-15H2,1-2H3,(H,26,28)/t19-/m1/s1. The Balaban J connectivity index is 1.50. The van der Waals surface area contributed by atoms with Gasteiger partial charge >= 0.3 is 0 Å². The van der Waals surface area contributed by atoms with E-state index in [2.05, 4.69) is 5.32 Å². The van der Waals surface area contributed by atoms with Crippen LogP contribution in [0.2, 0.25) is 10.0 Å². The molecule has 9 heteroatoms. The molecule has 0 unspecified atom stereocenters. The highest BCUT2D eigenvalue weighted by atomic mass is 35.5. The quantitative estimate of drug-likeness (QED) is 0.549. The SMILES string of the molecule is Cc1ccc(OCCNC(=O)[C@@H]2CCCN(S(=O)(=O)Cc3ccc(Cl)c(Cl)c3)C2)cc1C. The summed E-state index contributed by atoms with van der Waals surface area (Å²) >= 11 is 11.9. The summed E-state index contributed by atoms with van der Waals surface area (Å²) < 4.78 is 32.9. The third-order valence-corrected chi connectivity index (χ3v) is 8.19. The number of ether oxygens (including phenoxy) is 1. The summed E-state index contributed by atoms with van der Waals surface area (Å²) in [5.74, 6) is 0.0545. The van der Waals surface area contributed by atoms with Crippen LogP contribution >= 0.6 is 23.2 Å². The molecular formula is C23H28Cl2N2O4S. The van der Waals surface area contributed by atoms with E-state index in [-0.39, 0.29) is 24.1 Å². The van der Waals surface area contributed by atoms with E-state index >= 15 is 0 Å². The van der Waals surface area contributed by atoms with E-state index in [1.807, 2.05) is 32.0 Å². The summed E-state index contributed by atoms with van der Waals surface area (Å²) in [6.45, 7) is 5.35. The largest absolute Gasteiger partial charge is 0.492 e. The fourth-order valence-electron chi connectivity index (χ4n) is 3.63. The maximum atomic E-state index is 12.9. The molecule has 1 amide bonds. The zero-order valence-electron chi connectivity index (χ0n) is 18.2. The maximum Gasteiger partial charge on any atom is 0.224 e. The van der Waals surface area contributed by atoms with Crippen LogP contribution in [-0.4, -0.2) is 44.9 Å². The van der Waals surface area contributed by atoms with Gasteiger partial charge in [0.1, 0.15) is 12.4 Å². The number of carbonyl (C=O) groups excluding carboxylic acids is 1. The molecule has 174 valence electrons. The van der Waals surface area contributed by atoms with E-state index in [4.69, 9.17) is 27.9 Å². The Morgan fingerprint density at radius 3 is 2.62 bits per heavy atom. The molecule has 0 aromatic heterocycles. The second-order valence-electron chi connectivity index (χ2n) is 8.09. The second-order valence-corrected chi connectivity index (χ2v) is 10.9. The molecule has 1 aliphatic heterocycles. The molecule has 1 N–H and O–H groups in total. The van der Waals surface area contributed by atoms with E-state index in [0.29, 0.717) is 48.1 Å². The Kier molecular flexibility index (Phi) is 8.44. The zero-order valence-corrected chi connectivity index (χ0v) is 20.6. The Morgan fingerprint density at radius 2 is 1.91 bits per heavy atom. The van der Waals surface area contributed by atoms with E-state index in [0.717, 1.165) is 11.3 Å². The molecular weight excluding hydrogens is 471 g/mol. The number of rotatable bonds is 8. The first-order chi connectivity index (χ1) is 15.2. The molecule has 32 heavy (non-hydrogen) atoms. The van der Waals surface area contributed by atoms with E-state index < -0.39 is 10.0 Å². The zero-order chi connectivity index (χ0) is 23.3. The number of halogens is 2. The number of aryl methyl sites for hydroxylation is 2. The number of sulfonamides is 1. The summed E-state index contributed by atoms with van der Waals surface area (Å²) in [5, 5.41) is 3.56. The minimum Gasteiger partial charge on any atom is -0.492 e. The van der Waals surface area contributed by atoms with Crippen LogP contribution in [0.15, 0.2) is 36.4 Å². The van der Waals surface area contributed by atoms with Crippen LogP contribution in [0, 0.1) is 19.8 Å². The van der Waals surface area contributed by atoms with Crippen molar-refractivity contribution in [3.05, 3.63) is 63.1 Å². The van der Waals surface area contributed by atoms with Gasteiger partial charge in [-0.3, -0.25) is 4.79 Å². The molecule has 0 bridgehead atoms. The minimum atomic E-state index is -3.57. The van der Waals surface area contributed by atoms with E-state index in [9.17, 15) is 13.2 Å². The Hall–Kier alpha value is -1.80. The highest BCUT2D eigenvalue weighted by Crippen LogP contribution is 2.26. The summed E-state index contributed by atoms with van der Waals surface area (Å²) in [5.41, 5.74) is 2.91. The highest BCUT2D eigenvalue weighted by Gasteiger charge is 2.32. The van der Waals surface area contributed by atoms with Crippen LogP contribution in [0.25, 0.3) is 0 Å². The summed E-state index contributed by atoms with van der Waals surface area (Å²) in [6.07, 6.45) is 1.29. The minimum absolute atomic E-state index is 0.150. The van der Waals surface area contributed by atoms with Crippen LogP contribution in [0.3, 0.4) is 0 Å². The smallest absolute Gasteiger partial charge is 0.224 e. The van der Waals surface area contributed by atoms with Crippen molar-refractivity contribution in [2.75, 3.05) is 26.2 Å². The number of hydrogen-bond donors (Lipinski definition) is 1. The average Bonchev–Trinajstić information content (AvgIpc) is 2.76. The number of nitrogens with zero attached hydrogens (tertiary/aromatic N) is 1. The maximum absolute atomic E-state index is 12.9. The summed E-state index contributed by atoms with van der Waals surface area (Å²) in [4.78, 5) is 12.6. The van der Waals surface area contributed by atoms with Crippen LogP contribution in [0.1, 0.15) is 29.5 Å². The predicted molar refractivity (Wildman–Crippen MR) is 128 cm³/mol. The van der Waals surface area contributed by atoms with Gasteiger partial charge in [-0.25, -0.2) is 12.7 Å². The molecule has 0 aliphatic carbocycles. The second kappa shape index (κ2) is 10.9. The first-order valence-corrected chi connectivity index (χ1v) is 12.9. The van der Waals surface area contributed by atoms with Crippen molar-refractivity contribution in [3.8, 4) is 5.75 Å². The molecule has 1 aliphatic rings. The van der Waals surface area contributed by atoms with Crippen LogP contribution < -0.4 is 10.1 Å². The fourth-order valence-corrected chi connectivity index (χ4v) is 5.55. The van der Waals surface area contributed by atoms with E-state index in [1.165, 1.54) is 9.87 Å². The van der Waals surface area contributed by atoms with Gasteiger partial charge in [-0.15, -0.1) is 0 Å². The Bertz CT molecular complexity index is 1080. The molecule has 1 saturated heterocycles. The first kappa shape index (κ1) is 24.8. The topological polar surface area (TPSA) is 75.7 Å². The van der Waals surface area contributed by atoms with Gasteiger partial charge in [0, 0.05) is 13.1 Å². The van der Waals surface area contributed by atoms with Crippen molar-refractivity contribution in [3.63, 3.8) is 0 Å². The van der Waals surface area contributed by atoms with Gasteiger partial charge in [-0.1, -0.05) is 35.3 Å². The first-order valence-electron chi connectivity index (χ1n) is 10.6. The summed E-state index contributed by atoms with van der Waals surface area (Å²) in [6, 6.07) is 10.7. The number of piperidine rings is 1. The fraction of sp³-hybridized carbons (Fsp3) is 0.435. The molecule has 1 atom stereocenters. The Morgan fingerprint density at radius 1 is 1.12 bits per heavy atom. The van der Waals surface area contributed by atoms with Crippen molar-refractivity contribution in [2.24, 2.45) is 5.92 Å². The lowest BCUT2D eigenvalue weighted by Gasteiger charge is -2.31. The molecule has 2 aromatic rings. The molecule has 0 radical (unpaired) electrons. The molecule has 0 saturated carbocycles. The summed E-state index contributed by atoms with van der Waals surface area (Å²) in [7, 11) is -3.57. The predicted octanol–water partition coefficient (Wildman–Crippen LogP) is 4.35. The molecule has 1 fully saturated rings. The van der Waals surface area contributed by atoms with Crippen LogP contribution in [0.5, 0.6) is 5.75 Å². The van der Waals surface area contributed by atoms with Crippen molar-refractivity contribution in [1.29, 1.82) is 0 Å². The average molecular weight is 499 g/mol. The lowest BCUT2D eigenvalue weighted by Crippen LogP contribution is -2.46. The number of carbonyl (C=O) groups is 1. The molecule has 2 aromatic carbocycles. The number of nitrogens with one attached hydrogen (secondary N) is 1. The monoisotopic (exact) mass is 498 g/mol. The number of hydrogen-bond acceptors (Lipinski definition) is 4. The number of benzene rings is 2. The van der Waals surface area contributed by atoms with Crippen LogP contribution in [0.4, 0.5) is 0 Å². The Labute approximate surface area is 199 Å². The van der Waals surface area contributed by atoms with Crippen molar-refractivity contribution in [2.45, 2.75) is 32.4 Å². The molecule has 1 heterocycles. The van der Waals surface area contributed by atoms with Gasteiger partial charge in [-0.05, 0) is 67.6 Å². The van der Waals surface area contributed by atoms with Gasteiger partial charge in [0.15, 0.2) is 0 Å². The third-order valence-electron chi connectivity index (χ3n) is 5.63. The number of amides is 1. The highest BCUT2D eigenvalue weighted by molar-refractivity contribution is 7.88. The van der Waals surface area contributed by atoms with Gasteiger partial charge in [0.2, 0.25) is 15.9 Å². The van der Waals surface area contributed by atoms with Gasteiger partial charge in [0.05, 0.1) is 28.3 Å². The van der Waals surface area contributed by atoms with Gasteiger partial charge in [-0.2, -0.15) is 0 Å². The van der Waals surface area contributed by atoms with Crippen LogP contribution in [-0.2, 0) is 20.6 Å². The normalized spacial score (nSPS) is 17.2. The van der Waals surface area contributed by atoms with Crippen molar-refractivity contribution < 1.29 is 17.9 Å². The lowest BCUT2D eigenvalue weighted by atomic mass is 9.99.